The van der Waals surface area contributed by atoms with E-state index in [1.807, 2.05) is 54.6 Å². The number of benzene rings is 3. The van der Waals surface area contributed by atoms with Crippen molar-refractivity contribution in [1.29, 1.82) is 0 Å². The maximum Gasteiger partial charge on any atom is 0.243 e. The Morgan fingerprint density at radius 2 is 1.57 bits per heavy atom. The first-order valence-electron chi connectivity index (χ1n) is 12.7. The summed E-state index contributed by atoms with van der Waals surface area (Å²) < 4.78 is 0. The largest absolute Gasteiger partial charge is 0.354 e. The SMILES string of the molecule is Cc1cc(C)cc(CSCC(=O)N(Cc2cccc(Cl)c2)[C@H](Cc2ccccc2)C(=O)NCC(C)C)c1. The first kappa shape index (κ1) is 28.8. The second kappa shape index (κ2) is 14.3. The number of nitrogens with one attached hydrogen (secondary N) is 1. The Morgan fingerprint density at radius 3 is 2.22 bits per heavy atom. The van der Waals surface area contributed by atoms with Gasteiger partial charge in [-0.1, -0.05) is 97.2 Å². The Kier molecular flexibility index (Phi) is 11.1. The van der Waals surface area contributed by atoms with E-state index in [4.69, 9.17) is 11.6 Å². The molecular weight excluding hydrogens is 500 g/mol. The quantitative estimate of drug-likeness (QED) is 0.283. The lowest BCUT2D eigenvalue weighted by atomic mass is 10.0. The van der Waals surface area contributed by atoms with E-state index in [-0.39, 0.29) is 17.6 Å². The van der Waals surface area contributed by atoms with Crippen LogP contribution in [0.4, 0.5) is 0 Å². The van der Waals surface area contributed by atoms with Crippen molar-refractivity contribution in [2.75, 3.05) is 12.3 Å². The summed E-state index contributed by atoms with van der Waals surface area (Å²) in [6, 6.07) is 23.2. The molecule has 6 heteroatoms. The minimum Gasteiger partial charge on any atom is -0.354 e. The minimum absolute atomic E-state index is 0.0602. The number of nitrogens with zero attached hydrogens (tertiary/aromatic N) is 1. The average Bonchev–Trinajstić information content (AvgIpc) is 2.84. The molecule has 0 radical (unpaired) electrons. The van der Waals surface area contributed by atoms with Crippen molar-refractivity contribution in [2.45, 2.75) is 52.5 Å². The Balaban J connectivity index is 1.85. The molecule has 2 amide bonds. The molecule has 3 rings (SSSR count). The van der Waals surface area contributed by atoms with Crippen LogP contribution in [0.15, 0.2) is 72.8 Å². The summed E-state index contributed by atoms with van der Waals surface area (Å²) in [5.74, 6) is 1.15. The number of halogens is 1. The number of hydrogen-bond acceptors (Lipinski definition) is 3. The molecule has 196 valence electrons. The minimum atomic E-state index is -0.630. The zero-order valence-electron chi connectivity index (χ0n) is 22.2. The fraction of sp³-hybridized carbons (Fsp3) is 0.355. The first-order valence-corrected chi connectivity index (χ1v) is 14.2. The highest BCUT2D eigenvalue weighted by atomic mass is 35.5. The number of carbonyl (C=O) groups is 2. The molecule has 0 saturated heterocycles. The van der Waals surface area contributed by atoms with Crippen LogP contribution in [-0.4, -0.2) is 35.1 Å². The van der Waals surface area contributed by atoms with Gasteiger partial charge >= 0.3 is 0 Å². The van der Waals surface area contributed by atoms with Crippen molar-refractivity contribution in [3.8, 4) is 0 Å². The molecule has 0 aliphatic rings. The van der Waals surface area contributed by atoms with Crippen molar-refractivity contribution < 1.29 is 9.59 Å². The van der Waals surface area contributed by atoms with E-state index in [1.54, 1.807) is 16.7 Å². The summed E-state index contributed by atoms with van der Waals surface area (Å²) in [6.07, 6.45) is 0.443. The standard InChI is InChI=1S/C31H37ClN2O2S/c1-22(2)18-33-31(36)29(17-25-9-6-5-7-10-25)34(19-26-11-8-12-28(32)16-26)30(35)21-37-20-27-14-23(3)13-24(4)15-27/h5-16,22,29H,17-21H2,1-4H3,(H,33,36)/t29-/m1/s1. The summed E-state index contributed by atoms with van der Waals surface area (Å²) in [5.41, 5.74) is 5.55. The van der Waals surface area contributed by atoms with E-state index in [9.17, 15) is 9.59 Å². The number of carbonyl (C=O) groups excluding carboxylic acids is 2. The van der Waals surface area contributed by atoms with E-state index in [0.29, 0.717) is 30.5 Å². The molecule has 3 aromatic carbocycles. The predicted octanol–water partition coefficient (Wildman–Crippen LogP) is 6.60. The Morgan fingerprint density at radius 1 is 0.892 bits per heavy atom. The molecule has 0 aliphatic heterocycles. The second-order valence-electron chi connectivity index (χ2n) is 9.98. The lowest BCUT2D eigenvalue weighted by Gasteiger charge is -2.32. The molecule has 3 aromatic rings. The van der Waals surface area contributed by atoms with Gasteiger partial charge in [0.25, 0.3) is 0 Å². The van der Waals surface area contributed by atoms with Gasteiger partial charge in [-0.25, -0.2) is 0 Å². The van der Waals surface area contributed by atoms with Crippen LogP contribution >= 0.6 is 23.4 Å². The summed E-state index contributed by atoms with van der Waals surface area (Å²) in [6.45, 7) is 9.17. The van der Waals surface area contributed by atoms with Gasteiger partial charge in [0.1, 0.15) is 6.04 Å². The molecule has 0 unspecified atom stereocenters. The number of hydrogen-bond donors (Lipinski definition) is 1. The van der Waals surface area contributed by atoms with E-state index in [2.05, 4.69) is 51.2 Å². The van der Waals surface area contributed by atoms with Crippen LogP contribution in [0.25, 0.3) is 0 Å². The number of amides is 2. The third-order valence-electron chi connectivity index (χ3n) is 5.97. The molecule has 37 heavy (non-hydrogen) atoms. The highest BCUT2D eigenvalue weighted by Crippen LogP contribution is 2.21. The molecule has 0 saturated carbocycles. The van der Waals surface area contributed by atoms with Crippen LogP contribution in [0.5, 0.6) is 0 Å². The van der Waals surface area contributed by atoms with Crippen LogP contribution < -0.4 is 5.32 Å². The van der Waals surface area contributed by atoms with Crippen molar-refractivity contribution in [2.24, 2.45) is 5.92 Å². The van der Waals surface area contributed by atoms with Gasteiger partial charge in [-0.2, -0.15) is 0 Å². The van der Waals surface area contributed by atoms with Gasteiger partial charge in [0.15, 0.2) is 0 Å². The number of aryl methyl sites for hydroxylation is 2. The predicted molar refractivity (Wildman–Crippen MR) is 156 cm³/mol. The lowest BCUT2D eigenvalue weighted by Crippen LogP contribution is -2.51. The zero-order valence-corrected chi connectivity index (χ0v) is 23.7. The van der Waals surface area contributed by atoms with Gasteiger partial charge in [-0.05, 0) is 48.6 Å². The van der Waals surface area contributed by atoms with Gasteiger partial charge in [-0.15, -0.1) is 11.8 Å². The average molecular weight is 537 g/mol. The number of thioether (sulfide) groups is 1. The van der Waals surface area contributed by atoms with Crippen LogP contribution in [0, 0.1) is 19.8 Å². The van der Waals surface area contributed by atoms with Gasteiger partial charge in [0, 0.05) is 30.3 Å². The molecule has 0 aliphatic carbocycles. The van der Waals surface area contributed by atoms with Crippen molar-refractivity contribution in [1.82, 2.24) is 10.2 Å². The molecule has 1 N–H and O–H groups in total. The highest BCUT2D eigenvalue weighted by molar-refractivity contribution is 7.99. The van der Waals surface area contributed by atoms with E-state index in [1.165, 1.54) is 16.7 Å². The molecular formula is C31H37ClN2O2S. The van der Waals surface area contributed by atoms with E-state index in [0.717, 1.165) is 16.9 Å². The summed E-state index contributed by atoms with van der Waals surface area (Å²) in [5, 5.41) is 3.67. The second-order valence-corrected chi connectivity index (χ2v) is 11.4. The topological polar surface area (TPSA) is 49.4 Å². The third kappa shape index (κ3) is 9.56. The van der Waals surface area contributed by atoms with E-state index < -0.39 is 6.04 Å². The van der Waals surface area contributed by atoms with Crippen LogP contribution in [0.3, 0.4) is 0 Å². The molecule has 0 aromatic heterocycles. The Labute approximate surface area is 230 Å². The smallest absolute Gasteiger partial charge is 0.243 e. The fourth-order valence-electron chi connectivity index (χ4n) is 4.30. The molecule has 0 spiro atoms. The summed E-state index contributed by atoms with van der Waals surface area (Å²) in [7, 11) is 0. The Hall–Kier alpha value is -2.76. The van der Waals surface area contributed by atoms with Gasteiger partial charge in [0.2, 0.25) is 11.8 Å². The zero-order chi connectivity index (χ0) is 26.8. The molecule has 0 fully saturated rings. The normalized spacial score (nSPS) is 11.8. The number of rotatable bonds is 12. The van der Waals surface area contributed by atoms with Crippen LogP contribution in [0.2, 0.25) is 5.02 Å². The molecule has 0 heterocycles. The molecule has 4 nitrogen and oxygen atoms in total. The van der Waals surface area contributed by atoms with Crippen LogP contribution in [-0.2, 0) is 28.3 Å². The highest BCUT2D eigenvalue weighted by Gasteiger charge is 2.30. The fourth-order valence-corrected chi connectivity index (χ4v) is 5.36. The van der Waals surface area contributed by atoms with E-state index >= 15 is 0 Å². The third-order valence-corrected chi connectivity index (χ3v) is 7.20. The Bertz CT molecular complexity index is 1160. The van der Waals surface area contributed by atoms with Gasteiger partial charge in [-0.3, -0.25) is 9.59 Å². The molecule has 0 bridgehead atoms. The molecule has 1 atom stereocenters. The first-order chi connectivity index (χ1) is 17.7. The summed E-state index contributed by atoms with van der Waals surface area (Å²) >= 11 is 7.83. The maximum atomic E-state index is 13.7. The lowest BCUT2D eigenvalue weighted by molar-refractivity contribution is -0.139. The maximum absolute atomic E-state index is 13.7. The van der Waals surface area contributed by atoms with Crippen LogP contribution in [0.1, 0.15) is 41.7 Å². The monoisotopic (exact) mass is 536 g/mol. The van der Waals surface area contributed by atoms with Gasteiger partial charge < -0.3 is 10.2 Å². The van der Waals surface area contributed by atoms with Crippen molar-refractivity contribution in [3.63, 3.8) is 0 Å². The summed E-state index contributed by atoms with van der Waals surface area (Å²) in [4.78, 5) is 28.9. The van der Waals surface area contributed by atoms with Gasteiger partial charge in [0.05, 0.1) is 5.75 Å². The van der Waals surface area contributed by atoms with Crippen molar-refractivity contribution in [3.05, 3.63) is 106 Å². The van der Waals surface area contributed by atoms with Crippen molar-refractivity contribution >= 4 is 35.2 Å².